The molecule has 1 heterocycles. The van der Waals surface area contributed by atoms with Crippen LogP contribution in [0.1, 0.15) is 43.0 Å². The maximum atomic E-state index is 5.31. The molecule has 21 heavy (non-hydrogen) atoms. The van der Waals surface area contributed by atoms with Crippen molar-refractivity contribution in [1.29, 1.82) is 0 Å². The van der Waals surface area contributed by atoms with E-state index in [1.54, 1.807) is 13.3 Å². The lowest BCUT2D eigenvalue weighted by Gasteiger charge is -2.22. The van der Waals surface area contributed by atoms with Crippen LogP contribution in [-0.4, -0.2) is 18.6 Å². The molecular weight excluding hydrogens is 260 g/mol. The standard InChI is InChI=1S/C18H24N2O/c1-4-10-20-18(15-11-16(21-3)13-19-12-15)17-9-7-6-8-14(17)5-2/h6-9,11-13,18,20H,4-5,10H2,1-3H3. The number of aryl methyl sites for hydroxylation is 1. The number of methoxy groups -OCH3 is 1. The van der Waals surface area contributed by atoms with E-state index >= 15 is 0 Å². The van der Waals surface area contributed by atoms with Gasteiger partial charge in [0.1, 0.15) is 5.75 Å². The van der Waals surface area contributed by atoms with Crippen molar-refractivity contribution in [2.24, 2.45) is 0 Å². The summed E-state index contributed by atoms with van der Waals surface area (Å²) in [5, 5.41) is 3.63. The number of benzene rings is 1. The molecule has 0 aliphatic carbocycles. The van der Waals surface area contributed by atoms with E-state index < -0.39 is 0 Å². The highest BCUT2D eigenvalue weighted by molar-refractivity contribution is 5.38. The zero-order valence-electron chi connectivity index (χ0n) is 13.1. The molecule has 0 radical (unpaired) electrons. The Balaban J connectivity index is 2.41. The van der Waals surface area contributed by atoms with Crippen LogP contribution in [0, 0.1) is 0 Å². The third kappa shape index (κ3) is 3.82. The highest BCUT2D eigenvalue weighted by Crippen LogP contribution is 2.27. The quantitative estimate of drug-likeness (QED) is 0.841. The van der Waals surface area contributed by atoms with Crippen molar-refractivity contribution in [2.45, 2.75) is 32.7 Å². The van der Waals surface area contributed by atoms with Crippen molar-refractivity contribution in [1.82, 2.24) is 10.3 Å². The van der Waals surface area contributed by atoms with E-state index in [0.717, 1.165) is 30.7 Å². The lowest BCUT2D eigenvalue weighted by atomic mass is 9.94. The fourth-order valence-electron chi connectivity index (χ4n) is 2.54. The summed E-state index contributed by atoms with van der Waals surface area (Å²) < 4.78 is 5.31. The zero-order chi connectivity index (χ0) is 15.1. The number of aromatic nitrogens is 1. The molecular formula is C18H24N2O. The van der Waals surface area contributed by atoms with Crippen LogP contribution in [0.25, 0.3) is 0 Å². The van der Waals surface area contributed by atoms with Crippen LogP contribution >= 0.6 is 0 Å². The monoisotopic (exact) mass is 284 g/mol. The zero-order valence-corrected chi connectivity index (χ0v) is 13.1. The van der Waals surface area contributed by atoms with Gasteiger partial charge in [-0.05, 0) is 42.1 Å². The summed E-state index contributed by atoms with van der Waals surface area (Å²) in [5.74, 6) is 0.796. The molecule has 112 valence electrons. The highest BCUT2D eigenvalue weighted by Gasteiger charge is 2.17. The summed E-state index contributed by atoms with van der Waals surface area (Å²) in [7, 11) is 1.68. The number of hydrogen-bond donors (Lipinski definition) is 1. The van der Waals surface area contributed by atoms with Crippen molar-refractivity contribution < 1.29 is 4.74 Å². The number of ether oxygens (including phenoxy) is 1. The van der Waals surface area contributed by atoms with E-state index in [9.17, 15) is 0 Å². The van der Waals surface area contributed by atoms with Crippen LogP contribution < -0.4 is 10.1 Å². The molecule has 0 bridgehead atoms. The Bertz CT molecular complexity index is 569. The molecule has 1 atom stereocenters. The van der Waals surface area contributed by atoms with Gasteiger partial charge in [0.15, 0.2) is 0 Å². The molecule has 0 spiro atoms. The molecule has 0 fully saturated rings. The summed E-state index contributed by atoms with van der Waals surface area (Å²) >= 11 is 0. The van der Waals surface area contributed by atoms with Gasteiger partial charge in [0.25, 0.3) is 0 Å². The van der Waals surface area contributed by atoms with Gasteiger partial charge in [-0.3, -0.25) is 4.98 Å². The Morgan fingerprint density at radius 3 is 2.71 bits per heavy atom. The van der Waals surface area contributed by atoms with E-state index in [-0.39, 0.29) is 6.04 Å². The molecule has 0 aliphatic heterocycles. The van der Waals surface area contributed by atoms with E-state index in [0.29, 0.717) is 0 Å². The Morgan fingerprint density at radius 1 is 1.19 bits per heavy atom. The second kappa shape index (κ2) is 7.79. The number of rotatable bonds is 7. The molecule has 1 N–H and O–H groups in total. The van der Waals surface area contributed by atoms with Crippen LogP contribution in [0.5, 0.6) is 5.75 Å². The molecule has 3 nitrogen and oxygen atoms in total. The minimum absolute atomic E-state index is 0.156. The van der Waals surface area contributed by atoms with E-state index in [1.165, 1.54) is 11.1 Å². The first-order valence-corrected chi connectivity index (χ1v) is 7.60. The molecule has 1 aromatic carbocycles. The molecule has 2 rings (SSSR count). The predicted octanol–water partition coefficient (Wildman–Crippen LogP) is 3.74. The van der Waals surface area contributed by atoms with Gasteiger partial charge in [-0.2, -0.15) is 0 Å². The van der Waals surface area contributed by atoms with Gasteiger partial charge in [-0.15, -0.1) is 0 Å². The molecule has 1 aromatic heterocycles. The third-order valence-corrected chi connectivity index (χ3v) is 3.65. The second-order valence-corrected chi connectivity index (χ2v) is 5.10. The van der Waals surface area contributed by atoms with Gasteiger partial charge in [0.05, 0.1) is 19.3 Å². The summed E-state index contributed by atoms with van der Waals surface area (Å²) in [6.07, 6.45) is 5.79. The summed E-state index contributed by atoms with van der Waals surface area (Å²) in [5.41, 5.74) is 3.83. The molecule has 0 amide bonds. The first-order chi connectivity index (χ1) is 10.3. The van der Waals surface area contributed by atoms with Gasteiger partial charge in [-0.25, -0.2) is 0 Å². The summed E-state index contributed by atoms with van der Waals surface area (Å²) in [6.45, 7) is 5.35. The number of hydrogen-bond acceptors (Lipinski definition) is 3. The highest BCUT2D eigenvalue weighted by atomic mass is 16.5. The van der Waals surface area contributed by atoms with Crippen LogP contribution in [0.3, 0.4) is 0 Å². The maximum Gasteiger partial charge on any atom is 0.137 e. The Morgan fingerprint density at radius 2 is 2.00 bits per heavy atom. The molecule has 1 unspecified atom stereocenters. The maximum absolute atomic E-state index is 5.31. The van der Waals surface area contributed by atoms with E-state index in [1.807, 2.05) is 6.20 Å². The van der Waals surface area contributed by atoms with Crippen LogP contribution in [0.15, 0.2) is 42.7 Å². The molecule has 0 aliphatic rings. The normalized spacial score (nSPS) is 12.1. The minimum atomic E-state index is 0.156. The number of nitrogens with zero attached hydrogens (tertiary/aromatic N) is 1. The summed E-state index contributed by atoms with van der Waals surface area (Å²) in [6, 6.07) is 10.8. The van der Waals surface area contributed by atoms with Crippen LogP contribution in [0.4, 0.5) is 0 Å². The SMILES string of the molecule is CCCNC(c1cncc(OC)c1)c1ccccc1CC. The van der Waals surface area contributed by atoms with E-state index in [2.05, 4.69) is 54.5 Å². The first-order valence-electron chi connectivity index (χ1n) is 7.60. The van der Waals surface area contributed by atoms with Gasteiger partial charge < -0.3 is 10.1 Å². The Kier molecular flexibility index (Phi) is 5.76. The predicted molar refractivity (Wildman–Crippen MR) is 86.7 cm³/mol. The average molecular weight is 284 g/mol. The van der Waals surface area contributed by atoms with Crippen molar-refractivity contribution >= 4 is 0 Å². The van der Waals surface area contributed by atoms with Gasteiger partial charge in [0.2, 0.25) is 0 Å². The van der Waals surface area contributed by atoms with Crippen molar-refractivity contribution in [2.75, 3.05) is 13.7 Å². The van der Waals surface area contributed by atoms with Crippen molar-refractivity contribution in [3.63, 3.8) is 0 Å². The van der Waals surface area contributed by atoms with Crippen molar-refractivity contribution in [3.8, 4) is 5.75 Å². The molecule has 0 saturated heterocycles. The Labute approximate surface area is 127 Å². The topological polar surface area (TPSA) is 34.2 Å². The van der Waals surface area contributed by atoms with Crippen molar-refractivity contribution in [3.05, 3.63) is 59.4 Å². The largest absolute Gasteiger partial charge is 0.495 e. The smallest absolute Gasteiger partial charge is 0.137 e. The second-order valence-electron chi connectivity index (χ2n) is 5.10. The molecule has 3 heteroatoms. The number of pyridine rings is 1. The third-order valence-electron chi connectivity index (χ3n) is 3.65. The molecule has 0 saturated carbocycles. The van der Waals surface area contributed by atoms with Crippen LogP contribution in [-0.2, 0) is 6.42 Å². The first kappa shape index (κ1) is 15.5. The molecule has 2 aromatic rings. The number of nitrogens with one attached hydrogen (secondary N) is 1. The Hall–Kier alpha value is -1.87. The lowest BCUT2D eigenvalue weighted by Crippen LogP contribution is -2.24. The lowest BCUT2D eigenvalue weighted by molar-refractivity contribution is 0.411. The summed E-state index contributed by atoms with van der Waals surface area (Å²) in [4.78, 5) is 4.30. The van der Waals surface area contributed by atoms with E-state index in [4.69, 9.17) is 4.74 Å². The average Bonchev–Trinajstić information content (AvgIpc) is 2.56. The van der Waals surface area contributed by atoms with Gasteiger partial charge in [-0.1, -0.05) is 38.1 Å². The van der Waals surface area contributed by atoms with Gasteiger partial charge >= 0.3 is 0 Å². The fraction of sp³-hybridized carbons (Fsp3) is 0.389. The fourth-order valence-corrected chi connectivity index (χ4v) is 2.54. The minimum Gasteiger partial charge on any atom is -0.495 e. The van der Waals surface area contributed by atoms with Gasteiger partial charge in [0, 0.05) is 6.20 Å². The van der Waals surface area contributed by atoms with Crippen LogP contribution in [0.2, 0.25) is 0 Å².